The number of amides is 1. The first-order valence-corrected chi connectivity index (χ1v) is 11.2. The average molecular weight is 451 g/mol. The third-order valence-corrected chi connectivity index (χ3v) is 7.23. The lowest BCUT2D eigenvalue weighted by Gasteiger charge is -2.40. The Labute approximate surface area is 186 Å². The summed E-state index contributed by atoms with van der Waals surface area (Å²) in [7, 11) is 0. The molecular weight excluding hydrogens is 424 g/mol. The van der Waals surface area contributed by atoms with Crippen LogP contribution in [0.25, 0.3) is 0 Å². The molecule has 3 aliphatic rings. The first-order chi connectivity index (χ1) is 14.2. The van der Waals surface area contributed by atoms with Crippen molar-refractivity contribution in [3.05, 3.63) is 45.1 Å². The predicted octanol–water partition coefficient (Wildman–Crippen LogP) is 3.41. The van der Waals surface area contributed by atoms with Crippen LogP contribution in [0.3, 0.4) is 0 Å². The van der Waals surface area contributed by atoms with Gasteiger partial charge in [0.2, 0.25) is 0 Å². The van der Waals surface area contributed by atoms with Gasteiger partial charge in [-0.05, 0) is 61.7 Å². The van der Waals surface area contributed by atoms with Crippen molar-refractivity contribution < 1.29 is 19.0 Å². The molecule has 3 aliphatic heterocycles. The van der Waals surface area contributed by atoms with Crippen molar-refractivity contribution in [3.63, 3.8) is 0 Å². The number of thiophene rings is 1. The number of carbonyl (C=O) groups excluding carboxylic acids is 1. The molecule has 0 unspecified atom stereocenters. The lowest BCUT2D eigenvalue weighted by atomic mass is 9.86. The van der Waals surface area contributed by atoms with Gasteiger partial charge in [-0.15, -0.1) is 23.7 Å². The van der Waals surface area contributed by atoms with E-state index in [1.54, 1.807) is 11.3 Å². The van der Waals surface area contributed by atoms with Crippen LogP contribution < -0.4 is 20.1 Å². The first kappa shape index (κ1) is 21.4. The summed E-state index contributed by atoms with van der Waals surface area (Å²) in [5.74, 6) is 1.50. The molecule has 0 aliphatic carbocycles. The van der Waals surface area contributed by atoms with Crippen molar-refractivity contribution in [2.45, 2.75) is 37.8 Å². The second kappa shape index (κ2) is 9.14. The molecule has 2 aromatic rings. The van der Waals surface area contributed by atoms with Crippen molar-refractivity contribution in [1.82, 2.24) is 10.6 Å². The molecular formula is C22H27ClN2O4S. The Bertz CT molecular complexity index is 911. The molecule has 2 N–H and O–H groups in total. The topological polar surface area (TPSA) is 68.8 Å². The molecule has 4 heterocycles. The van der Waals surface area contributed by atoms with E-state index in [0.29, 0.717) is 19.8 Å². The van der Waals surface area contributed by atoms with Gasteiger partial charge in [-0.3, -0.25) is 4.79 Å². The predicted molar refractivity (Wildman–Crippen MR) is 118 cm³/mol. The zero-order chi connectivity index (χ0) is 19.7. The quantitative estimate of drug-likeness (QED) is 0.750. The minimum atomic E-state index is -0.198. The van der Waals surface area contributed by atoms with Gasteiger partial charge in [0, 0.05) is 17.8 Å². The molecule has 1 aromatic carbocycles. The fourth-order valence-electron chi connectivity index (χ4n) is 4.32. The number of hydrogen-bond donors (Lipinski definition) is 2. The molecule has 0 bridgehead atoms. The molecule has 1 fully saturated rings. The molecule has 0 radical (unpaired) electrons. The van der Waals surface area contributed by atoms with Crippen molar-refractivity contribution in [3.8, 4) is 11.5 Å². The van der Waals surface area contributed by atoms with Gasteiger partial charge in [0.25, 0.3) is 5.91 Å². The van der Waals surface area contributed by atoms with Crippen LogP contribution in [0.5, 0.6) is 11.5 Å². The molecule has 5 rings (SSSR count). The van der Waals surface area contributed by atoms with Crippen LogP contribution in [-0.4, -0.2) is 38.8 Å². The van der Waals surface area contributed by atoms with Gasteiger partial charge >= 0.3 is 0 Å². The number of rotatable bonds is 3. The number of ether oxygens (including phenoxy) is 3. The SMILES string of the molecule is Cl.O=C(NCc1ccc2c(c1)OCCCO2)c1cc2c(s1)C1(CCNCC1)OCC2. The Balaban J connectivity index is 0.00000218. The molecule has 0 saturated carbocycles. The van der Waals surface area contributed by atoms with E-state index in [-0.39, 0.29) is 23.9 Å². The minimum Gasteiger partial charge on any atom is -0.490 e. The third kappa shape index (κ3) is 4.17. The monoisotopic (exact) mass is 450 g/mol. The molecule has 162 valence electrons. The van der Waals surface area contributed by atoms with Crippen molar-refractivity contribution in [2.75, 3.05) is 32.9 Å². The zero-order valence-electron chi connectivity index (χ0n) is 16.8. The summed E-state index contributed by atoms with van der Waals surface area (Å²) in [4.78, 5) is 14.9. The largest absolute Gasteiger partial charge is 0.490 e. The normalized spacial score (nSPS) is 19.3. The van der Waals surface area contributed by atoms with E-state index in [1.807, 2.05) is 18.2 Å². The number of benzene rings is 1. The van der Waals surface area contributed by atoms with Crippen LogP contribution in [0.4, 0.5) is 0 Å². The lowest BCUT2D eigenvalue weighted by molar-refractivity contribution is -0.0771. The molecule has 6 nitrogen and oxygen atoms in total. The maximum absolute atomic E-state index is 12.8. The fraction of sp³-hybridized carbons (Fsp3) is 0.500. The zero-order valence-corrected chi connectivity index (χ0v) is 18.5. The molecule has 30 heavy (non-hydrogen) atoms. The lowest BCUT2D eigenvalue weighted by Crippen LogP contribution is -2.43. The smallest absolute Gasteiger partial charge is 0.261 e. The van der Waals surface area contributed by atoms with E-state index in [0.717, 1.165) is 67.3 Å². The van der Waals surface area contributed by atoms with Gasteiger partial charge in [0.15, 0.2) is 11.5 Å². The maximum Gasteiger partial charge on any atom is 0.261 e. The van der Waals surface area contributed by atoms with Gasteiger partial charge in [-0.1, -0.05) is 6.07 Å². The molecule has 8 heteroatoms. The average Bonchev–Trinajstić information content (AvgIpc) is 3.06. The summed E-state index contributed by atoms with van der Waals surface area (Å²) in [6, 6.07) is 7.92. The summed E-state index contributed by atoms with van der Waals surface area (Å²) in [5, 5.41) is 6.47. The van der Waals surface area contributed by atoms with Gasteiger partial charge in [-0.2, -0.15) is 0 Å². The third-order valence-electron chi connectivity index (χ3n) is 5.87. The van der Waals surface area contributed by atoms with Crippen LogP contribution in [-0.2, 0) is 23.3 Å². The minimum absolute atomic E-state index is 0. The number of piperidine rings is 1. The van der Waals surface area contributed by atoms with Crippen LogP contribution in [0.1, 0.15) is 44.9 Å². The van der Waals surface area contributed by atoms with Gasteiger partial charge in [0.05, 0.1) is 24.7 Å². The van der Waals surface area contributed by atoms with E-state index < -0.39 is 0 Å². The van der Waals surface area contributed by atoms with Crippen molar-refractivity contribution >= 4 is 29.7 Å². The van der Waals surface area contributed by atoms with E-state index in [1.165, 1.54) is 10.4 Å². The number of carbonyl (C=O) groups is 1. The van der Waals surface area contributed by atoms with Crippen LogP contribution >= 0.6 is 23.7 Å². The highest BCUT2D eigenvalue weighted by atomic mass is 35.5. The number of halogens is 1. The van der Waals surface area contributed by atoms with Crippen LogP contribution in [0.15, 0.2) is 24.3 Å². The summed E-state index contributed by atoms with van der Waals surface area (Å²) >= 11 is 1.60. The molecule has 1 spiro atoms. The molecule has 0 atom stereocenters. The first-order valence-electron chi connectivity index (χ1n) is 10.4. The van der Waals surface area contributed by atoms with E-state index >= 15 is 0 Å². The van der Waals surface area contributed by atoms with Crippen molar-refractivity contribution in [1.29, 1.82) is 0 Å². The van der Waals surface area contributed by atoms with Crippen LogP contribution in [0, 0.1) is 0 Å². The van der Waals surface area contributed by atoms with Crippen LogP contribution in [0.2, 0.25) is 0 Å². The van der Waals surface area contributed by atoms with E-state index in [2.05, 4.69) is 16.7 Å². The number of hydrogen-bond acceptors (Lipinski definition) is 6. The highest BCUT2D eigenvalue weighted by molar-refractivity contribution is 7.14. The van der Waals surface area contributed by atoms with E-state index in [9.17, 15) is 4.79 Å². The second-order valence-electron chi connectivity index (χ2n) is 7.82. The standard InChI is InChI=1S/C22H26N2O4S.ClH/c25-21(24-14-15-2-3-17-18(12-15)27-10-1-9-26-17)19-13-16-4-11-28-22(20(16)29-19)5-7-23-8-6-22;/h2-3,12-13,23H,1,4-11,14H2,(H,24,25);1H. The Hall–Kier alpha value is -1.80. The Morgan fingerprint density at radius 3 is 2.73 bits per heavy atom. The summed E-state index contributed by atoms with van der Waals surface area (Å²) in [6.45, 7) is 4.45. The van der Waals surface area contributed by atoms with Gasteiger partial charge in [0.1, 0.15) is 5.60 Å². The summed E-state index contributed by atoms with van der Waals surface area (Å²) < 4.78 is 17.6. The Morgan fingerprint density at radius 1 is 1.10 bits per heavy atom. The van der Waals surface area contributed by atoms with Crippen molar-refractivity contribution in [2.24, 2.45) is 0 Å². The van der Waals surface area contributed by atoms with Gasteiger partial charge in [-0.25, -0.2) is 0 Å². The summed E-state index contributed by atoms with van der Waals surface area (Å²) in [5.41, 5.74) is 2.09. The van der Waals surface area contributed by atoms with E-state index in [4.69, 9.17) is 14.2 Å². The second-order valence-corrected chi connectivity index (χ2v) is 8.87. The molecule has 1 amide bonds. The maximum atomic E-state index is 12.8. The summed E-state index contributed by atoms with van der Waals surface area (Å²) in [6.07, 6.45) is 3.71. The fourth-order valence-corrected chi connectivity index (χ4v) is 5.65. The molecule has 1 aromatic heterocycles. The molecule has 1 saturated heterocycles. The number of nitrogens with one attached hydrogen (secondary N) is 2. The highest BCUT2D eigenvalue weighted by Crippen LogP contribution is 2.44. The Kier molecular flexibility index (Phi) is 6.53. The van der Waals surface area contributed by atoms with Gasteiger partial charge < -0.3 is 24.8 Å². The number of fused-ring (bicyclic) bond motifs is 3. The Morgan fingerprint density at radius 2 is 1.90 bits per heavy atom. The highest BCUT2D eigenvalue weighted by Gasteiger charge is 2.41.